The van der Waals surface area contributed by atoms with Gasteiger partial charge in [-0.1, -0.05) is 47.1 Å². The van der Waals surface area contributed by atoms with Crippen molar-refractivity contribution < 1.29 is 9.32 Å². The summed E-state index contributed by atoms with van der Waals surface area (Å²) in [6.07, 6.45) is 3.33. The van der Waals surface area contributed by atoms with Crippen LogP contribution in [0.5, 0.6) is 0 Å². The number of aromatic nitrogens is 4. The van der Waals surface area contributed by atoms with Crippen LogP contribution in [0.3, 0.4) is 0 Å². The van der Waals surface area contributed by atoms with Crippen LogP contribution < -0.4 is 0 Å². The summed E-state index contributed by atoms with van der Waals surface area (Å²) in [5.41, 5.74) is 3.51. The van der Waals surface area contributed by atoms with Crippen LogP contribution in [0.2, 0.25) is 0 Å². The lowest BCUT2D eigenvalue weighted by atomic mass is 10.1. The van der Waals surface area contributed by atoms with Crippen LogP contribution in [0.25, 0.3) is 33.9 Å². The fourth-order valence-electron chi connectivity index (χ4n) is 4.00. The molecule has 7 nitrogen and oxygen atoms in total. The molecule has 2 aromatic heterocycles. The topological polar surface area (TPSA) is 77.0 Å². The number of carbonyl (C=O) groups is 1. The molecule has 4 aromatic rings. The number of fused-ring (bicyclic) bond motifs is 1. The molecule has 0 atom stereocenters. The molecular formula is C23H23N5O2. The van der Waals surface area contributed by atoms with Crippen LogP contribution in [0.15, 0.2) is 53.1 Å². The molecule has 1 saturated heterocycles. The Morgan fingerprint density at radius 1 is 1.07 bits per heavy atom. The van der Waals surface area contributed by atoms with Crippen LogP contribution in [0, 0.1) is 6.92 Å². The van der Waals surface area contributed by atoms with Crippen molar-refractivity contribution in [2.45, 2.75) is 32.7 Å². The number of aryl methyl sites for hydroxylation is 1. The number of nitrogens with zero attached hydrogens (tertiary/aromatic N) is 5. The lowest BCUT2D eigenvalue weighted by Gasteiger charge is -2.26. The third-order valence-electron chi connectivity index (χ3n) is 5.56. The van der Waals surface area contributed by atoms with Crippen LogP contribution in [0.4, 0.5) is 0 Å². The molecule has 152 valence electrons. The van der Waals surface area contributed by atoms with E-state index in [0.717, 1.165) is 48.0 Å². The Kier molecular flexibility index (Phi) is 4.78. The minimum absolute atomic E-state index is 0.0977. The minimum Gasteiger partial charge on any atom is -0.341 e. The molecule has 0 saturated carbocycles. The fraction of sp³-hybridized carbons (Fsp3) is 0.304. The van der Waals surface area contributed by atoms with E-state index in [9.17, 15) is 4.79 Å². The number of likely N-dealkylation sites (tertiary alicyclic amines) is 1. The van der Waals surface area contributed by atoms with E-state index in [1.54, 1.807) is 4.68 Å². The third-order valence-corrected chi connectivity index (χ3v) is 5.56. The van der Waals surface area contributed by atoms with Gasteiger partial charge < -0.3 is 9.42 Å². The lowest BCUT2D eigenvalue weighted by Crippen LogP contribution is -2.37. The van der Waals surface area contributed by atoms with E-state index >= 15 is 0 Å². The van der Waals surface area contributed by atoms with Gasteiger partial charge in [-0.3, -0.25) is 9.48 Å². The molecule has 0 radical (unpaired) electrons. The molecule has 0 spiro atoms. The van der Waals surface area contributed by atoms with E-state index < -0.39 is 0 Å². The second-order valence-electron chi connectivity index (χ2n) is 7.76. The summed E-state index contributed by atoms with van der Waals surface area (Å²) in [6, 6.07) is 15.8. The monoisotopic (exact) mass is 401 g/mol. The molecule has 1 amide bonds. The average Bonchev–Trinajstić information content (AvgIpc) is 3.40. The highest BCUT2D eigenvalue weighted by Crippen LogP contribution is 2.29. The summed E-state index contributed by atoms with van der Waals surface area (Å²) in [6.45, 7) is 3.89. The average molecular weight is 401 g/mol. The van der Waals surface area contributed by atoms with Crippen LogP contribution in [-0.4, -0.2) is 43.8 Å². The van der Waals surface area contributed by atoms with E-state index in [1.807, 2.05) is 60.4 Å². The van der Waals surface area contributed by atoms with E-state index in [4.69, 9.17) is 9.62 Å². The molecule has 0 aliphatic carbocycles. The van der Waals surface area contributed by atoms with Crippen molar-refractivity contribution in [3.8, 4) is 23.0 Å². The van der Waals surface area contributed by atoms with Crippen LogP contribution in [-0.2, 0) is 11.3 Å². The molecular weight excluding hydrogens is 378 g/mol. The van der Waals surface area contributed by atoms with Crippen molar-refractivity contribution in [1.29, 1.82) is 0 Å². The predicted octanol–water partition coefficient (Wildman–Crippen LogP) is 4.07. The standard InChI is InChI=1S/C23H23N5O2/c1-16-8-7-9-17(14-16)22-24-23(30-26-22)21-18-10-3-4-11-19(18)28(25-21)15-20(29)27-12-5-2-6-13-27/h3-4,7-11,14H,2,5-6,12-13,15H2,1H3. The largest absolute Gasteiger partial charge is 0.341 e. The van der Waals surface area contributed by atoms with Crippen molar-refractivity contribution in [3.05, 3.63) is 54.1 Å². The Bertz CT molecular complexity index is 1200. The summed E-state index contributed by atoms with van der Waals surface area (Å²) < 4.78 is 7.30. The number of hydrogen-bond donors (Lipinski definition) is 0. The first-order chi connectivity index (χ1) is 14.7. The summed E-state index contributed by atoms with van der Waals surface area (Å²) in [4.78, 5) is 19.3. The van der Waals surface area contributed by atoms with Gasteiger partial charge >= 0.3 is 0 Å². The number of benzene rings is 2. The van der Waals surface area contributed by atoms with E-state index in [2.05, 4.69) is 10.1 Å². The quantitative estimate of drug-likeness (QED) is 0.515. The van der Waals surface area contributed by atoms with Gasteiger partial charge in [0.2, 0.25) is 11.7 Å². The molecule has 7 heteroatoms. The Hall–Kier alpha value is -3.48. The number of carbonyl (C=O) groups excluding carboxylic acids is 1. The molecule has 5 rings (SSSR count). The second-order valence-corrected chi connectivity index (χ2v) is 7.76. The van der Waals surface area contributed by atoms with Gasteiger partial charge in [0, 0.05) is 24.0 Å². The molecule has 0 N–H and O–H groups in total. The summed E-state index contributed by atoms with van der Waals surface area (Å²) >= 11 is 0. The summed E-state index contributed by atoms with van der Waals surface area (Å²) in [5, 5.41) is 9.73. The SMILES string of the molecule is Cc1cccc(-c2noc(-c3nn(CC(=O)N4CCCCC4)c4ccccc34)n2)c1. The van der Waals surface area contributed by atoms with Gasteiger partial charge in [0.25, 0.3) is 5.89 Å². The highest BCUT2D eigenvalue weighted by molar-refractivity contribution is 5.92. The van der Waals surface area contributed by atoms with Gasteiger partial charge in [0.05, 0.1) is 5.52 Å². The van der Waals surface area contributed by atoms with Gasteiger partial charge in [-0.15, -0.1) is 0 Å². The highest BCUT2D eigenvalue weighted by Gasteiger charge is 2.22. The third kappa shape index (κ3) is 3.47. The summed E-state index contributed by atoms with van der Waals surface area (Å²) in [7, 11) is 0. The van der Waals surface area contributed by atoms with Gasteiger partial charge in [-0.2, -0.15) is 10.1 Å². The highest BCUT2D eigenvalue weighted by atomic mass is 16.5. The first-order valence-corrected chi connectivity index (χ1v) is 10.3. The van der Waals surface area contributed by atoms with E-state index in [0.29, 0.717) is 17.4 Å². The van der Waals surface area contributed by atoms with E-state index in [-0.39, 0.29) is 12.5 Å². The van der Waals surface area contributed by atoms with Crippen molar-refractivity contribution in [2.24, 2.45) is 0 Å². The molecule has 30 heavy (non-hydrogen) atoms. The van der Waals surface area contributed by atoms with Gasteiger partial charge in [0.15, 0.2) is 5.69 Å². The van der Waals surface area contributed by atoms with Crippen LogP contribution in [0.1, 0.15) is 24.8 Å². The predicted molar refractivity (Wildman–Crippen MR) is 114 cm³/mol. The zero-order valence-corrected chi connectivity index (χ0v) is 16.9. The number of rotatable bonds is 4. The second kappa shape index (κ2) is 7.74. The minimum atomic E-state index is 0.0977. The molecule has 3 heterocycles. The van der Waals surface area contributed by atoms with Gasteiger partial charge in [-0.05, 0) is 38.3 Å². The maximum absolute atomic E-state index is 12.8. The van der Waals surface area contributed by atoms with Gasteiger partial charge in [0.1, 0.15) is 6.54 Å². The molecule has 2 aromatic carbocycles. The smallest absolute Gasteiger partial charge is 0.279 e. The zero-order chi connectivity index (χ0) is 20.5. The molecule has 0 unspecified atom stereocenters. The normalized spacial score (nSPS) is 14.4. The maximum Gasteiger partial charge on any atom is 0.279 e. The Labute approximate surface area is 174 Å². The number of piperidine rings is 1. The fourth-order valence-corrected chi connectivity index (χ4v) is 4.00. The maximum atomic E-state index is 12.8. The van der Waals surface area contributed by atoms with Crippen molar-refractivity contribution in [3.63, 3.8) is 0 Å². The number of amides is 1. The lowest BCUT2D eigenvalue weighted by molar-refractivity contribution is -0.132. The van der Waals surface area contributed by atoms with Crippen molar-refractivity contribution >= 4 is 16.8 Å². The molecule has 1 fully saturated rings. The molecule has 1 aliphatic heterocycles. The first kappa shape index (κ1) is 18.5. The Morgan fingerprint density at radius 2 is 1.90 bits per heavy atom. The number of para-hydroxylation sites is 1. The van der Waals surface area contributed by atoms with Gasteiger partial charge in [-0.25, -0.2) is 0 Å². The van der Waals surface area contributed by atoms with Crippen molar-refractivity contribution in [2.75, 3.05) is 13.1 Å². The zero-order valence-electron chi connectivity index (χ0n) is 16.9. The number of hydrogen-bond acceptors (Lipinski definition) is 5. The van der Waals surface area contributed by atoms with Crippen molar-refractivity contribution in [1.82, 2.24) is 24.8 Å². The van der Waals surface area contributed by atoms with Crippen LogP contribution >= 0.6 is 0 Å². The summed E-state index contributed by atoms with van der Waals surface area (Å²) in [5.74, 6) is 0.976. The Morgan fingerprint density at radius 3 is 2.73 bits per heavy atom. The Balaban J connectivity index is 1.49. The molecule has 0 bridgehead atoms. The molecule has 1 aliphatic rings. The van der Waals surface area contributed by atoms with E-state index in [1.165, 1.54) is 6.42 Å². The first-order valence-electron chi connectivity index (χ1n) is 10.3.